The van der Waals surface area contributed by atoms with Crippen molar-refractivity contribution in [3.05, 3.63) is 72.1 Å². The van der Waals surface area contributed by atoms with Crippen LogP contribution in [0.5, 0.6) is 0 Å². The number of pyridine rings is 1. The third-order valence-electron chi connectivity index (χ3n) is 4.96. The molecule has 1 amide bonds. The van der Waals surface area contributed by atoms with E-state index >= 15 is 0 Å². The summed E-state index contributed by atoms with van der Waals surface area (Å²) in [6.07, 6.45) is 7.44. The van der Waals surface area contributed by atoms with Crippen LogP contribution < -0.4 is 5.73 Å². The Labute approximate surface area is 162 Å². The van der Waals surface area contributed by atoms with Gasteiger partial charge in [0.25, 0.3) is 5.91 Å². The topological polar surface area (TPSA) is 85.0 Å². The number of carbonyl (C=O) groups is 1. The van der Waals surface area contributed by atoms with E-state index < -0.39 is 0 Å². The Morgan fingerprint density at radius 3 is 2.86 bits per heavy atom. The molecule has 0 saturated carbocycles. The highest BCUT2D eigenvalue weighted by atomic mass is 19.1. The fourth-order valence-corrected chi connectivity index (χ4v) is 3.66. The first kappa shape index (κ1) is 18.0. The zero-order valence-corrected chi connectivity index (χ0v) is 15.3. The van der Waals surface area contributed by atoms with Gasteiger partial charge < -0.3 is 10.6 Å². The minimum atomic E-state index is -0.341. The second-order valence-electron chi connectivity index (χ2n) is 6.79. The molecule has 1 saturated heterocycles. The fraction of sp³-hybridized carbons (Fsp3) is 0.238. The summed E-state index contributed by atoms with van der Waals surface area (Å²) in [5.74, 6) is -0.304. The first-order valence-electron chi connectivity index (χ1n) is 9.23. The number of nitrogens with two attached hydrogens (primary N) is 1. The first-order chi connectivity index (χ1) is 13.6. The van der Waals surface area contributed by atoms with Crippen molar-refractivity contribution in [2.45, 2.75) is 25.3 Å². The Kier molecular flexibility index (Phi) is 4.97. The van der Waals surface area contributed by atoms with Crippen molar-refractivity contribution in [2.75, 3.05) is 12.3 Å². The van der Waals surface area contributed by atoms with Gasteiger partial charge in [-0.1, -0.05) is 12.1 Å². The van der Waals surface area contributed by atoms with Crippen LogP contribution in [0.4, 0.5) is 10.3 Å². The van der Waals surface area contributed by atoms with Crippen molar-refractivity contribution >= 4 is 11.9 Å². The Balaban J connectivity index is 1.78. The number of carbonyl (C=O) groups excluding carboxylic acids is 1. The van der Waals surface area contributed by atoms with E-state index in [2.05, 4.69) is 15.0 Å². The quantitative estimate of drug-likeness (QED) is 0.753. The molecule has 0 aliphatic carbocycles. The summed E-state index contributed by atoms with van der Waals surface area (Å²) in [5.41, 5.74) is 8.39. The van der Waals surface area contributed by atoms with E-state index in [4.69, 9.17) is 5.73 Å². The maximum absolute atomic E-state index is 13.8. The molecular weight excluding hydrogens is 357 g/mol. The average Bonchev–Trinajstić information content (AvgIpc) is 2.74. The van der Waals surface area contributed by atoms with E-state index in [0.717, 1.165) is 19.3 Å². The maximum Gasteiger partial charge on any atom is 0.255 e. The summed E-state index contributed by atoms with van der Waals surface area (Å²) in [5, 5.41) is 0. The predicted octanol–water partition coefficient (Wildman–Crippen LogP) is 3.63. The smallest absolute Gasteiger partial charge is 0.255 e. The minimum Gasteiger partial charge on any atom is -0.368 e. The number of halogens is 1. The van der Waals surface area contributed by atoms with E-state index in [9.17, 15) is 9.18 Å². The molecular formula is C21H20FN5O. The van der Waals surface area contributed by atoms with Crippen LogP contribution in [0.3, 0.4) is 0 Å². The highest BCUT2D eigenvalue weighted by Crippen LogP contribution is 2.36. The third-order valence-corrected chi connectivity index (χ3v) is 4.96. The largest absolute Gasteiger partial charge is 0.368 e. The lowest BCUT2D eigenvalue weighted by Gasteiger charge is -2.36. The van der Waals surface area contributed by atoms with Crippen LogP contribution in [0.15, 0.2) is 55.0 Å². The molecule has 1 aliphatic heterocycles. The fourth-order valence-electron chi connectivity index (χ4n) is 3.66. The number of benzene rings is 1. The van der Waals surface area contributed by atoms with Crippen molar-refractivity contribution in [1.29, 1.82) is 0 Å². The lowest BCUT2D eigenvalue weighted by atomic mass is 9.93. The molecule has 6 nitrogen and oxygen atoms in total. The Morgan fingerprint density at radius 2 is 2.07 bits per heavy atom. The van der Waals surface area contributed by atoms with Crippen molar-refractivity contribution < 1.29 is 9.18 Å². The molecule has 0 unspecified atom stereocenters. The normalized spacial score (nSPS) is 16.8. The monoisotopic (exact) mass is 377 g/mol. The number of anilines is 1. The standard InChI is InChI=1S/C21H20FN5O/c22-16-7-3-5-14(11-16)17-13-25-21(23)26-19(17)18-8-1-2-10-27(18)20(28)15-6-4-9-24-12-15/h3-7,9,11-13,18H,1-2,8,10H2,(H2,23,25,26)/t18-/m1/s1. The minimum absolute atomic E-state index is 0.0971. The molecule has 2 N–H and O–H groups in total. The van der Waals surface area contributed by atoms with E-state index in [0.29, 0.717) is 28.9 Å². The van der Waals surface area contributed by atoms with Crippen LogP contribution in [0.1, 0.15) is 41.4 Å². The molecule has 4 rings (SSSR count). The lowest BCUT2D eigenvalue weighted by molar-refractivity contribution is 0.0606. The predicted molar refractivity (Wildman–Crippen MR) is 104 cm³/mol. The van der Waals surface area contributed by atoms with Crippen molar-refractivity contribution in [3.63, 3.8) is 0 Å². The van der Waals surface area contributed by atoms with Crippen LogP contribution in [0.2, 0.25) is 0 Å². The number of aromatic nitrogens is 3. The van der Waals surface area contributed by atoms with Crippen LogP contribution in [-0.2, 0) is 0 Å². The molecule has 1 atom stereocenters. The number of nitrogen functional groups attached to an aromatic ring is 1. The Hall–Kier alpha value is -3.35. The number of nitrogens with zero attached hydrogens (tertiary/aromatic N) is 4. The summed E-state index contributed by atoms with van der Waals surface area (Å²) in [4.78, 5) is 27.5. The zero-order chi connectivity index (χ0) is 19.5. The molecule has 7 heteroatoms. The van der Waals surface area contributed by atoms with Gasteiger partial charge in [-0.2, -0.15) is 0 Å². The second kappa shape index (κ2) is 7.72. The van der Waals surface area contributed by atoms with E-state index in [-0.39, 0.29) is 23.7 Å². The molecule has 28 heavy (non-hydrogen) atoms. The lowest BCUT2D eigenvalue weighted by Crippen LogP contribution is -2.39. The zero-order valence-electron chi connectivity index (χ0n) is 15.3. The molecule has 1 aliphatic rings. The number of hydrogen-bond acceptors (Lipinski definition) is 5. The molecule has 2 aromatic heterocycles. The highest BCUT2D eigenvalue weighted by Gasteiger charge is 2.32. The van der Waals surface area contributed by atoms with E-state index in [1.54, 1.807) is 42.9 Å². The molecule has 142 valence electrons. The van der Waals surface area contributed by atoms with Crippen molar-refractivity contribution in [3.8, 4) is 11.1 Å². The van der Waals surface area contributed by atoms with Gasteiger partial charge in [-0.3, -0.25) is 9.78 Å². The molecule has 0 spiro atoms. The number of likely N-dealkylation sites (tertiary alicyclic amines) is 1. The van der Waals surface area contributed by atoms with Gasteiger partial charge in [0.15, 0.2) is 0 Å². The van der Waals surface area contributed by atoms with Gasteiger partial charge in [-0.05, 0) is 49.1 Å². The SMILES string of the molecule is Nc1ncc(-c2cccc(F)c2)c([C@H]2CCCCN2C(=O)c2cccnc2)n1. The Morgan fingerprint density at radius 1 is 1.18 bits per heavy atom. The van der Waals surface area contributed by atoms with Crippen LogP contribution >= 0.6 is 0 Å². The van der Waals surface area contributed by atoms with Gasteiger partial charge in [-0.15, -0.1) is 0 Å². The molecule has 0 radical (unpaired) electrons. The van der Waals surface area contributed by atoms with Gasteiger partial charge in [0.1, 0.15) is 5.82 Å². The highest BCUT2D eigenvalue weighted by molar-refractivity contribution is 5.94. The molecule has 3 heterocycles. The molecule has 1 aromatic carbocycles. The number of amides is 1. The van der Waals surface area contributed by atoms with Gasteiger partial charge in [0, 0.05) is 30.7 Å². The number of hydrogen-bond donors (Lipinski definition) is 1. The number of rotatable bonds is 3. The van der Waals surface area contributed by atoms with Crippen molar-refractivity contribution in [1.82, 2.24) is 19.9 Å². The molecule has 0 bridgehead atoms. The van der Waals surface area contributed by atoms with Gasteiger partial charge in [-0.25, -0.2) is 14.4 Å². The third kappa shape index (κ3) is 3.55. The first-order valence-corrected chi connectivity index (χ1v) is 9.23. The summed E-state index contributed by atoms with van der Waals surface area (Å²) in [6.45, 7) is 0.616. The van der Waals surface area contributed by atoms with E-state index in [1.165, 1.54) is 12.1 Å². The van der Waals surface area contributed by atoms with Crippen LogP contribution in [0, 0.1) is 5.82 Å². The second-order valence-corrected chi connectivity index (χ2v) is 6.79. The number of piperidine rings is 1. The van der Waals surface area contributed by atoms with E-state index in [1.807, 2.05) is 4.90 Å². The van der Waals surface area contributed by atoms with Gasteiger partial charge >= 0.3 is 0 Å². The van der Waals surface area contributed by atoms with Crippen molar-refractivity contribution in [2.24, 2.45) is 0 Å². The average molecular weight is 377 g/mol. The summed E-state index contributed by atoms with van der Waals surface area (Å²) in [6, 6.07) is 9.51. The molecule has 3 aromatic rings. The maximum atomic E-state index is 13.8. The van der Waals surface area contributed by atoms with Crippen LogP contribution in [-0.4, -0.2) is 32.3 Å². The van der Waals surface area contributed by atoms with Gasteiger partial charge in [0.2, 0.25) is 5.95 Å². The summed E-state index contributed by atoms with van der Waals surface area (Å²) in [7, 11) is 0. The van der Waals surface area contributed by atoms with Gasteiger partial charge in [0.05, 0.1) is 17.3 Å². The molecule has 1 fully saturated rings. The Bertz CT molecular complexity index is 995. The summed E-state index contributed by atoms with van der Waals surface area (Å²) < 4.78 is 13.8. The summed E-state index contributed by atoms with van der Waals surface area (Å²) >= 11 is 0. The van der Waals surface area contributed by atoms with Crippen LogP contribution in [0.25, 0.3) is 11.1 Å².